The summed E-state index contributed by atoms with van der Waals surface area (Å²) in [6.45, 7) is 5.33. The fourth-order valence-electron chi connectivity index (χ4n) is 3.06. The number of benzene rings is 1. The van der Waals surface area contributed by atoms with Crippen LogP contribution in [0.4, 0.5) is 0 Å². The molecule has 1 aliphatic heterocycles. The Morgan fingerprint density at radius 3 is 2.71 bits per heavy atom. The van der Waals surface area contributed by atoms with Gasteiger partial charge in [0.05, 0.1) is 6.10 Å². The number of hydrogen-bond acceptors (Lipinski definition) is 4. The lowest BCUT2D eigenvalue weighted by atomic mass is 9.89. The van der Waals surface area contributed by atoms with Crippen LogP contribution in [0, 0.1) is 5.92 Å². The van der Waals surface area contributed by atoms with Gasteiger partial charge in [-0.15, -0.1) is 0 Å². The summed E-state index contributed by atoms with van der Waals surface area (Å²) in [5.41, 5.74) is 5.80. The van der Waals surface area contributed by atoms with E-state index < -0.39 is 5.60 Å². The Morgan fingerprint density at radius 2 is 2.10 bits per heavy atom. The predicted molar refractivity (Wildman–Crippen MR) is 85.0 cm³/mol. The van der Waals surface area contributed by atoms with Crippen LogP contribution < -0.4 is 5.73 Å². The Balaban J connectivity index is 1.94. The molecule has 3 N–H and O–H groups in total. The molecule has 3 unspecified atom stereocenters. The molecule has 0 radical (unpaired) electrons. The Hall–Kier alpha value is -0.940. The molecule has 118 valence electrons. The van der Waals surface area contributed by atoms with Crippen molar-refractivity contribution in [1.82, 2.24) is 4.90 Å². The molecule has 0 saturated carbocycles. The maximum atomic E-state index is 10.8. The predicted octanol–water partition coefficient (Wildman–Crippen LogP) is 1.58. The van der Waals surface area contributed by atoms with E-state index in [-0.39, 0.29) is 6.54 Å². The Bertz CT molecular complexity index is 426. The van der Waals surface area contributed by atoms with E-state index in [1.165, 1.54) is 0 Å². The van der Waals surface area contributed by atoms with Crippen LogP contribution in [0.15, 0.2) is 30.3 Å². The molecule has 1 fully saturated rings. The Labute approximate surface area is 127 Å². The third-order valence-electron chi connectivity index (χ3n) is 4.77. The number of methoxy groups -OCH3 is 1. The molecule has 4 heteroatoms. The van der Waals surface area contributed by atoms with E-state index in [0.29, 0.717) is 18.4 Å². The smallest absolute Gasteiger partial charge is 0.103 e. The van der Waals surface area contributed by atoms with Crippen molar-refractivity contribution in [2.75, 3.05) is 33.3 Å². The fourth-order valence-corrected chi connectivity index (χ4v) is 3.06. The van der Waals surface area contributed by atoms with Crippen LogP contribution >= 0.6 is 0 Å². The van der Waals surface area contributed by atoms with Crippen LogP contribution in [-0.2, 0) is 10.3 Å². The van der Waals surface area contributed by atoms with Crippen LogP contribution in [-0.4, -0.2) is 49.4 Å². The maximum Gasteiger partial charge on any atom is 0.103 e. The number of hydrogen-bond donors (Lipinski definition) is 2. The second-order valence-corrected chi connectivity index (χ2v) is 6.19. The highest BCUT2D eigenvalue weighted by Gasteiger charge is 2.30. The fraction of sp³-hybridized carbons (Fsp3) is 0.647. The molecule has 1 saturated heterocycles. The highest BCUT2D eigenvalue weighted by molar-refractivity contribution is 5.22. The molecule has 1 aromatic carbocycles. The average Bonchev–Trinajstić information content (AvgIpc) is 2.54. The van der Waals surface area contributed by atoms with Gasteiger partial charge >= 0.3 is 0 Å². The van der Waals surface area contributed by atoms with E-state index in [1.54, 1.807) is 7.11 Å². The molecule has 0 aliphatic carbocycles. The third kappa shape index (κ3) is 4.04. The summed E-state index contributed by atoms with van der Waals surface area (Å²) in [6, 6.07) is 9.74. The molecule has 0 amide bonds. The summed E-state index contributed by atoms with van der Waals surface area (Å²) in [5, 5.41) is 10.8. The number of ether oxygens (including phenoxy) is 1. The zero-order valence-electron chi connectivity index (χ0n) is 13.2. The van der Waals surface area contributed by atoms with Gasteiger partial charge in [-0.1, -0.05) is 37.3 Å². The van der Waals surface area contributed by atoms with Crippen LogP contribution in [0.3, 0.4) is 0 Å². The molecule has 0 bridgehead atoms. The van der Waals surface area contributed by atoms with E-state index in [0.717, 1.165) is 31.6 Å². The third-order valence-corrected chi connectivity index (χ3v) is 4.77. The Morgan fingerprint density at radius 1 is 1.38 bits per heavy atom. The van der Waals surface area contributed by atoms with Crippen molar-refractivity contribution >= 4 is 0 Å². The van der Waals surface area contributed by atoms with Gasteiger partial charge in [0.2, 0.25) is 0 Å². The van der Waals surface area contributed by atoms with Gasteiger partial charge in [-0.3, -0.25) is 0 Å². The number of rotatable bonds is 6. The van der Waals surface area contributed by atoms with Crippen molar-refractivity contribution in [2.45, 2.75) is 31.5 Å². The first-order valence-electron chi connectivity index (χ1n) is 7.82. The first-order valence-corrected chi connectivity index (χ1v) is 7.82. The van der Waals surface area contributed by atoms with E-state index in [9.17, 15) is 5.11 Å². The van der Waals surface area contributed by atoms with Crippen molar-refractivity contribution in [2.24, 2.45) is 11.7 Å². The maximum absolute atomic E-state index is 10.8. The summed E-state index contributed by atoms with van der Waals surface area (Å²) in [4.78, 5) is 2.37. The molecule has 4 nitrogen and oxygen atoms in total. The first kappa shape index (κ1) is 16.4. The highest BCUT2D eigenvalue weighted by atomic mass is 16.5. The summed E-state index contributed by atoms with van der Waals surface area (Å²) in [7, 11) is 1.78. The molecule has 1 heterocycles. The zero-order chi connectivity index (χ0) is 15.3. The zero-order valence-corrected chi connectivity index (χ0v) is 13.2. The van der Waals surface area contributed by atoms with E-state index >= 15 is 0 Å². The molecule has 1 aromatic rings. The monoisotopic (exact) mass is 292 g/mol. The molecular weight excluding hydrogens is 264 g/mol. The minimum absolute atomic E-state index is 0.245. The van der Waals surface area contributed by atoms with Gasteiger partial charge in [0, 0.05) is 26.7 Å². The highest BCUT2D eigenvalue weighted by Crippen LogP contribution is 2.26. The average molecular weight is 292 g/mol. The van der Waals surface area contributed by atoms with E-state index in [1.807, 2.05) is 30.3 Å². The molecule has 0 spiro atoms. The van der Waals surface area contributed by atoms with Crippen molar-refractivity contribution in [1.29, 1.82) is 0 Å². The normalized spacial score (nSPS) is 26.5. The van der Waals surface area contributed by atoms with Crippen molar-refractivity contribution in [3.8, 4) is 0 Å². The number of nitrogens with zero attached hydrogens (tertiary/aromatic N) is 1. The molecule has 3 atom stereocenters. The van der Waals surface area contributed by atoms with Gasteiger partial charge in [0.25, 0.3) is 0 Å². The number of likely N-dealkylation sites (tertiary alicyclic amines) is 1. The first-order chi connectivity index (χ1) is 10.1. The van der Waals surface area contributed by atoms with Crippen LogP contribution in [0.5, 0.6) is 0 Å². The summed E-state index contributed by atoms with van der Waals surface area (Å²) in [5.74, 6) is 0.605. The molecule has 2 rings (SSSR count). The van der Waals surface area contributed by atoms with Crippen LogP contribution in [0.25, 0.3) is 0 Å². The largest absolute Gasteiger partial charge is 0.384 e. The summed E-state index contributed by atoms with van der Waals surface area (Å²) >= 11 is 0. The second-order valence-electron chi connectivity index (χ2n) is 6.19. The summed E-state index contributed by atoms with van der Waals surface area (Å²) in [6.07, 6.45) is 2.09. The van der Waals surface area contributed by atoms with Gasteiger partial charge < -0.3 is 20.5 Å². The van der Waals surface area contributed by atoms with Crippen molar-refractivity contribution in [3.05, 3.63) is 35.9 Å². The van der Waals surface area contributed by atoms with E-state index in [2.05, 4.69) is 11.8 Å². The molecule has 21 heavy (non-hydrogen) atoms. The number of nitrogens with two attached hydrogens (primary N) is 1. The standard InChI is InChI=1S/C17H28N2O2/c1-14-8-10-19(12-16(14)21-2)11-9-17(20,13-18)15-6-4-3-5-7-15/h3-7,14,16,20H,8-13,18H2,1-2H3. The summed E-state index contributed by atoms with van der Waals surface area (Å²) < 4.78 is 5.55. The Kier molecular flexibility index (Phi) is 5.76. The minimum atomic E-state index is -0.938. The quantitative estimate of drug-likeness (QED) is 0.836. The van der Waals surface area contributed by atoms with Gasteiger partial charge in [-0.2, -0.15) is 0 Å². The molecule has 1 aliphatic rings. The van der Waals surface area contributed by atoms with Crippen molar-refractivity contribution in [3.63, 3.8) is 0 Å². The number of piperidine rings is 1. The van der Waals surface area contributed by atoms with Crippen LogP contribution in [0.2, 0.25) is 0 Å². The van der Waals surface area contributed by atoms with Gasteiger partial charge in [-0.05, 0) is 30.9 Å². The van der Waals surface area contributed by atoms with Gasteiger partial charge in [0.15, 0.2) is 0 Å². The SMILES string of the molecule is COC1CN(CCC(O)(CN)c2ccccc2)CCC1C. The van der Waals surface area contributed by atoms with E-state index in [4.69, 9.17) is 10.5 Å². The number of aliphatic hydroxyl groups is 1. The van der Waals surface area contributed by atoms with Crippen molar-refractivity contribution < 1.29 is 9.84 Å². The molecule has 0 aromatic heterocycles. The van der Waals surface area contributed by atoms with Gasteiger partial charge in [0.1, 0.15) is 5.60 Å². The minimum Gasteiger partial charge on any atom is -0.384 e. The molecular formula is C17H28N2O2. The topological polar surface area (TPSA) is 58.7 Å². The van der Waals surface area contributed by atoms with Gasteiger partial charge in [-0.25, -0.2) is 0 Å². The van der Waals surface area contributed by atoms with Crippen LogP contribution in [0.1, 0.15) is 25.3 Å². The lowest BCUT2D eigenvalue weighted by molar-refractivity contribution is -0.0208. The second kappa shape index (κ2) is 7.36. The lowest BCUT2D eigenvalue weighted by Gasteiger charge is -2.38. The lowest BCUT2D eigenvalue weighted by Crippen LogP contribution is -2.46.